The Bertz CT molecular complexity index is 170. The van der Waals surface area contributed by atoms with Gasteiger partial charge in [0.1, 0.15) is 5.78 Å². The van der Waals surface area contributed by atoms with Gasteiger partial charge >= 0.3 is 0 Å². The normalized spacial score (nSPS) is 24.3. The van der Waals surface area contributed by atoms with Crippen molar-refractivity contribution in [2.45, 2.75) is 13.3 Å². The molecule has 0 radical (unpaired) electrons. The molecule has 2 heteroatoms. The largest absolute Gasteiger partial charge is 0.299 e. The first-order valence-corrected chi connectivity index (χ1v) is 2.99. The molecule has 1 atom stereocenters. The first-order valence-electron chi connectivity index (χ1n) is 2.99. The summed E-state index contributed by atoms with van der Waals surface area (Å²) in [4.78, 5) is 14.5. The van der Waals surface area contributed by atoms with Crippen LogP contribution in [0.5, 0.6) is 0 Å². The molecule has 0 spiro atoms. The monoisotopic (exact) mass is 123 g/mol. The average molecular weight is 123 g/mol. The van der Waals surface area contributed by atoms with Gasteiger partial charge in [0.25, 0.3) is 0 Å². The maximum absolute atomic E-state index is 10.7. The molecular formula is C7H9NO. The summed E-state index contributed by atoms with van der Waals surface area (Å²) in [7, 11) is 0. The van der Waals surface area contributed by atoms with E-state index in [2.05, 4.69) is 4.99 Å². The van der Waals surface area contributed by atoms with E-state index < -0.39 is 0 Å². The fourth-order valence-electron chi connectivity index (χ4n) is 0.754. The molecule has 0 amide bonds. The summed E-state index contributed by atoms with van der Waals surface area (Å²) < 4.78 is 0. The van der Waals surface area contributed by atoms with Crippen molar-refractivity contribution in [2.75, 3.05) is 0 Å². The summed E-state index contributed by atoms with van der Waals surface area (Å²) >= 11 is 0. The van der Waals surface area contributed by atoms with E-state index in [1.807, 2.05) is 6.08 Å². The highest BCUT2D eigenvalue weighted by Crippen LogP contribution is 2.06. The van der Waals surface area contributed by atoms with Gasteiger partial charge in [-0.1, -0.05) is 6.08 Å². The van der Waals surface area contributed by atoms with Gasteiger partial charge in [0, 0.05) is 12.4 Å². The highest BCUT2D eigenvalue weighted by molar-refractivity contribution is 5.93. The van der Waals surface area contributed by atoms with Gasteiger partial charge in [0.2, 0.25) is 0 Å². The lowest BCUT2D eigenvalue weighted by Crippen LogP contribution is -2.12. The molecule has 0 bridgehead atoms. The molecule has 0 saturated heterocycles. The molecule has 0 fully saturated rings. The third kappa shape index (κ3) is 1.49. The van der Waals surface area contributed by atoms with Gasteiger partial charge in [0.15, 0.2) is 0 Å². The van der Waals surface area contributed by atoms with Crippen LogP contribution in [0.25, 0.3) is 0 Å². The molecule has 2 nitrogen and oxygen atoms in total. The van der Waals surface area contributed by atoms with E-state index in [9.17, 15) is 4.79 Å². The number of nitrogens with zero attached hydrogens (tertiary/aromatic N) is 1. The Morgan fingerprint density at radius 1 is 1.78 bits per heavy atom. The van der Waals surface area contributed by atoms with Crippen LogP contribution in [0, 0.1) is 5.92 Å². The molecule has 0 saturated carbocycles. The Balaban J connectivity index is 2.56. The second-order valence-corrected chi connectivity index (χ2v) is 2.14. The van der Waals surface area contributed by atoms with Crippen LogP contribution < -0.4 is 0 Å². The number of carbonyl (C=O) groups excluding carboxylic acids is 1. The van der Waals surface area contributed by atoms with Crippen LogP contribution in [-0.2, 0) is 4.79 Å². The topological polar surface area (TPSA) is 29.4 Å². The molecule has 0 N–H and O–H groups in total. The van der Waals surface area contributed by atoms with Gasteiger partial charge in [-0.05, 0) is 13.3 Å². The van der Waals surface area contributed by atoms with Crippen molar-refractivity contribution < 1.29 is 4.79 Å². The van der Waals surface area contributed by atoms with Crippen molar-refractivity contribution in [2.24, 2.45) is 10.9 Å². The second kappa shape index (κ2) is 2.58. The number of allylic oxidation sites excluding steroid dienone is 1. The zero-order valence-electron chi connectivity index (χ0n) is 5.37. The number of aliphatic imine (C=N–C) groups is 1. The number of ketones is 1. The zero-order chi connectivity index (χ0) is 6.69. The summed E-state index contributed by atoms with van der Waals surface area (Å²) in [5.41, 5.74) is 0. The predicted octanol–water partition coefficient (Wildman–Crippen LogP) is 1.18. The minimum Gasteiger partial charge on any atom is -0.299 e. The number of Topliss-reactive ketones (excluding diaryl/α,β-unsaturated/α-hetero) is 1. The van der Waals surface area contributed by atoms with Crippen LogP contribution in [0.15, 0.2) is 17.3 Å². The van der Waals surface area contributed by atoms with Crippen LogP contribution in [0.2, 0.25) is 0 Å². The molecule has 1 aliphatic rings. The quantitative estimate of drug-likeness (QED) is 0.514. The average Bonchev–Trinajstić information content (AvgIpc) is 1.90. The van der Waals surface area contributed by atoms with Crippen LogP contribution in [-0.4, -0.2) is 12.0 Å². The minimum absolute atomic E-state index is 0.0370. The Labute approximate surface area is 54.3 Å². The lowest BCUT2D eigenvalue weighted by molar-refractivity contribution is -0.118. The zero-order valence-corrected chi connectivity index (χ0v) is 5.37. The van der Waals surface area contributed by atoms with Crippen molar-refractivity contribution in [1.82, 2.24) is 0 Å². The van der Waals surface area contributed by atoms with Crippen LogP contribution in [0.1, 0.15) is 13.3 Å². The van der Waals surface area contributed by atoms with E-state index in [0.29, 0.717) is 0 Å². The summed E-state index contributed by atoms with van der Waals surface area (Å²) in [6, 6.07) is 0. The maximum atomic E-state index is 10.7. The van der Waals surface area contributed by atoms with Gasteiger partial charge in [-0.15, -0.1) is 0 Å². The lowest BCUT2D eigenvalue weighted by Gasteiger charge is -2.05. The van der Waals surface area contributed by atoms with E-state index in [-0.39, 0.29) is 11.7 Å². The maximum Gasteiger partial charge on any atom is 0.138 e. The smallest absolute Gasteiger partial charge is 0.138 e. The van der Waals surface area contributed by atoms with Crippen molar-refractivity contribution in [3.8, 4) is 0 Å². The molecular weight excluding hydrogens is 114 g/mol. The third-order valence-corrected chi connectivity index (χ3v) is 1.37. The minimum atomic E-state index is 0.0370. The van der Waals surface area contributed by atoms with Crippen molar-refractivity contribution >= 4 is 12.0 Å². The Kier molecular flexibility index (Phi) is 1.78. The Morgan fingerprint density at radius 3 is 2.89 bits per heavy atom. The number of hydrogen-bond donors (Lipinski definition) is 0. The van der Waals surface area contributed by atoms with Crippen LogP contribution in [0.4, 0.5) is 0 Å². The number of rotatable bonds is 1. The van der Waals surface area contributed by atoms with Gasteiger partial charge in [-0.25, -0.2) is 0 Å². The molecule has 1 heterocycles. The van der Waals surface area contributed by atoms with Crippen molar-refractivity contribution in [3.63, 3.8) is 0 Å². The second-order valence-electron chi connectivity index (χ2n) is 2.14. The molecule has 1 unspecified atom stereocenters. The molecule has 48 valence electrons. The first-order chi connectivity index (χ1) is 4.30. The standard InChI is InChI=1S/C7H9NO/c1-6(9)7-3-2-4-8-5-7/h2,4-5,7H,3H2,1H3. The van der Waals surface area contributed by atoms with Crippen molar-refractivity contribution in [1.29, 1.82) is 0 Å². The predicted molar refractivity (Wildman–Crippen MR) is 36.4 cm³/mol. The van der Waals surface area contributed by atoms with Crippen LogP contribution >= 0.6 is 0 Å². The summed E-state index contributed by atoms with van der Waals surface area (Å²) in [5, 5.41) is 0. The fraction of sp³-hybridized carbons (Fsp3) is 0.429. The molecule has 0 aromatic heterocycles. The third-order valence-electron chi connectivity index (χ3n) is 1.37. The molecule has 0 aromatic rings. The Morgan fingerprint density at radius 2 is 2.56 bits per heavy atom. The van der Waals surface area contributed by atoms with Gasteiger partial charge in [0.05, 0.1) is 5.92 Å². The van der Waals surface area contributed by atoms with Gasteiger partial charge in [-0.2, -0.15) is 0 Å². The van der Waals surface area contributed by atoms with Crippen molar-refractivity contribution in [3.05, 3.63) is 12.3 Å². The molecule has 9 heavy (non-hydrogen) atoms. The first kappa shape index (κ1) is 6.20. The summed E-state index contributed by atoms with van der Waals surface area (Å²) in [6.45, 7) is 1.59. The summed E-state index contributed by atoms with van der Waals surface area (Å²) in [6.07, 6.45) is 6.15. The van der Waals surface area contributed by atoms with E-state index >= 15 is 0 Å². The van der Waals surface area contributed by atoms with E-state index in [4.69, 9.17) is 0 Å². The van der Waals surface area contributed by atoms with E-state index in [1.54, 1.807) is 19.3 Å². The fourth-order valence-corrected chi connectivity index (χ4v) is 0.754. The lowest BCUT2D eigenvalue weighted by atomic mass is 10.0. The Hall–Kier alpha value is -0.920. The van der Waals surface area contributed by atoms with Crippen LogP contribution in [0.3, 0.4) is 0 Å². The molecule has 1 aliphatic heterocycles. The van der Waals surface area contributed by atoms with E-state index in [1.165, 1.54) is 0 Å². The number of hydrogen-bond acceptors (Lipinski definition) is 2. The van der Waals surface area contributed by atoms with Gasteiger partial charge in [-0.3, -0.25) is 9.79 Å². The van der Waals surface area contributed by atoms with Gasteiger partial charge < -0.3 is 0 Å². The highest BCUT2D eigenvalue weighted by atomic mass is 16.1. The molecule has 0 aliphatic carbocycles. The summed E-state index contributed by atoms with van der Waals surface area (Å²) in [5.74, 6) is 0.234. The molecule has 0 aromatic carbocycles. The highest BCUT2D eigenvalue weighted by Gasteiger charge is 2.09. The number of carbonyl (C=O) groups is 1. The van der Waals surface area contributed by atoms with E-state index in [0.717, 1.165) is 6.42 Å². The molecule has 1 rings (SSSR count). The SMILES string of the molecule is CC(=O)C1C=NC=CC1.